The molecule has 0 amide bonds. The van der Waals surface area contributed by atoms with E-state index in [1.165, 1.54) is 23.2 Å². The van der Waals surface area contributed by atoms with Gasteiger partial charge in [-0.1, -0.05) is 36.8 Å². The fraction of sp³-hybridized carbons (Fsp3) is 0.364. The van der Waals surface area contributed by atoms with Crippen molar-refractivity contribution in [2.45, 2.75) is 50.9 Å². The molecule has 1 fully saturated rings. The zero-order chi connectivity index (χ0) is 19.1. The normalized spacial score (nSPS) is 20.7. The van der Waals surface area contributed by atoms with Gasteiger partial charge in [-0.15, -0.1) is 0 Å². The summed E-state index contributed by atoms with van der Waals surface area (Å²) in [4.78, 5) is 13.6. The number of nitrogens with zero attached hydrogens (tertiary/aromatic N) is 4. The van der Waals surface area contributed by atoms with Crippen LogP contribution in [0.4, 0.5) is 11.4 Å². The Bertz CT molecular complexity index is 932. The van der Waals surface area contributed by atoms with Crippen LogP contribution in [0.5, 0.6) is 0 Å². The minimum Gasteiger partial charge on any atom is -0.369 e. The molecule has 0 unspecified atom stereocenters. The quantitative estimate of drug-likeness (QED) is 0.845. The Morgan fingerprint density at radius 3 is 2.21 bits per heavy atom. The van der Waals surface area contributed by atoms with E-state index >= 15 is 0 Å². The summed E-state index contributed by atoms with van der Waals surface area (Å²) in [6.45, 7) is 1.86. The van der Waals surface area contributed by atoms with E-state index in [0.717, 1.165) is 44.5 Å². The maximum absolute atomic E-state index is 6.38. The first-order valence-electron chi connectivity index (χ1n) is 10.1. The predicted molar refractivity (Wildman–Crippen MR) is 114 cm³/mol. The number of aliphatic imine (C=N–C) groups is 2. The van der Waals surface area contributed by atoms with Gasteiger partial charge in [0.25, 0.3) is 0 Å². The lowest BCUT2D eigenvalue weighted by atomic mass is 9.87. The highest BCUT2D eigenvalue weighted by Crippen LogP contribution is 2.40. The molecule has 144 valence electrons. The van der Waals surface area contributed by atoms with Crippen LogP contribution in [0.25, 0.3) is 0 Å². The molecule has 0 radical (unpaired) electrons. The molecule has 0 atom stereocenters. The minimum atomic E-state index is -0.402. The number of hydrogen-bond acceptors (Lipinski definition) is 6. The third kappa shape index (κ3) is 2.80. The van der Waals surface area contributed by atoms with Gasteiger partial charge in [0.1, 0.15) is 5.66 Å². The van der Waals surface area contributed by atoms with Crippen LogP contribution < -0.4 is 21.3 Å². The molecule has 5 rings (SSSR count). The highest BCUT2D eigenvalue weighted by Gasteiger charge is 2.42. The number of guanidine groups is 2. The number of benzene rings is 2. The van der Waals surface area contributed by atoms with E-state index in [1.54, 1.807) is 0 Å². The second kappa shape index (κ2) is 6.55. The Balaban J connectivity index is 1.50. The molecule has 0 aromatic heterocycles. The third-order valence-electron chi connectivity index (χ3n) is 6.15. The lowest BCUT2D eigenvalue weighted by molar-refractivity contribution is 0.305. The molecular weight excluding hydrogens is 348 g/mol. The summed E-state index contributed by atoms with van der Waals surface area (Å²) in [5.41, 5.74) is 17.0. The maximum atomic E-state index is 6.38. The monoisotopic (exact) mass is 374 g/mol. The molecule has 0 saturated heterocycles. The van der Waals surface area contributed by atoms with Crippen molar-refractivity contribution in [3.05, 3.63) is 59.7 Å². The maximum Gasteiger partial charge on any atom is 0.220 e. The minimum absolute atomic E-state index is 0.293. The Kier molecular flexibility index (Phi) is 4.00. The lowest BCUT2D eigenvalue weighted by Crippen LogP contribution is -2.58. The lowest BCUT2D eigenvalue weighted by Gasteiger charge is -2.45. The molecular formula is C22H26N6. The summed E-state index contributed by atoms with van der Waals surface area (Å²) in [6, 6.07) is 17.2. The van der Waals surface area contributed by atoms with Crippen LogP contribution in [0.1, 0.15) is 43.2 Å². The molecule has 1 aliphatic carbocycles. The fourth-order valence-electron chi connectivity index (χ4n) is 4.84. The molecule has 3 aliphatic rings. The van der Waals surface area contributed by atoms with Crippen molar-refractivity contribution in [1.29, 1.82) is 0 Å². The average molecular weight is 374 g/mol. The van der Waals surface area contributed by atoms with Gasteiger partial charge >= 0.3 is 0 Å². The second-order valence-corrected chi connectivity index (χ2v) is 7.96. The molecule has 2 heterocycles. The van der Waals surface area contributed by atoms with E-state index in [2.05, 4.69) is 63.3 Å². The molecule has 6 heteroatoms. The summed E-state index contributed by atoms with van der Waals surface area (Å²) < 4.78 is 0. The number of anilines is 2. The van der Waals surface area contributed by atoms with Crippen LogP contribution in [0.3, 0.4) is 0 Å². The van der Waals surface area contributed by atoms with Gasteiger partial charge in [0.05, 0.1) is 0 Å². The largest absolute Gasteiger partial charge is 0.369 e. The molecule has 1 spiro atoms. The van der Waals surface area contributed by atoms with E-state index in [-0.39, 0.29) is 0 Å². The topological polar surface area (TPSA) is 83.2 Å². The van der Waals surface area contributed by atoms with Crippen LogP contribution in [0.15, 0.2) is 58.5 Å². The molecule has 1 saturated carbocycles. The van der Waals surface area contributed by atoms with Crippen LogP contribution in [-0.4, -0.2) is 17.6 Å². The van der Waals surface area contributed by atoms with Gasteiger partial charge in [-0.3, -0.25) is 4.90 Å². The van der Waals surface area contributed by atoms with E-state index < -0.39 is 5.66 Å². The van der Waals surface area contributed by atoms with Gasteiger partial charge in [-0.05, 0) is 55.0 Å². The van der Waals surface area contributed by atoms with Gasteiger partial charge in [0.15, 0.2) is 0 Å². The Labute approximate surface area is 165 Å². The van der Waals surface area contributed by atoms with Crippen LogP contribution in [0.2, 0.25) is 0 Å². The Morgan fingerprint density at radius 2 is 1.50 bits per heavy atom. The van der Waals surface area contributed by atoms with E-state index in [4.69, 9.17) is 16.5 Å². The highest BCUT2D eigenvalue weighted by molar-refractivity contribution is 6.05. The molecule has 0 bridgehead atoms. The van der Waals surface area contributed by atoms with Crippen LogP contribution in [-0.2, 0) is 13.1 Å². The zero-order valence-corrected chi connectivity index (χ0v) is 16.0. The van der Waals surface area contributed by atoms with Crippen molar-refractivity contribution in [3.8, 4) is 0 Å². The molecule has 2 aliphatic heterocycles. The van der Waals surface area contributed by atoms with E-state index in [0.29, 0.717) is 11.9 Å². The first-order chi connectivity index (χ1) is 13.6. The molecule has 2 aromatic carbocycles. The van der Waals surface area contributed by atoms with Crippen LogP contribution >= 0.6 is 0 Å². The molecule has 4 N–H and O–H groups in total. The Hall–Kier alpha value is -3.02. The number of hydrogen-bond donors (Lipinski definition) is 2. The predicted octanol–water partition coefficient (Wildman–Crippen LogP) is 3.32. The van der Waals surface area contributed by atoms with Gasteiger partial charge in [-0.2, -0.15) is 4.99 Å². The molecule has 2 aromatic rings. The third-order valence-corrected chi connectivity index (χ3v) is 6.15. The Morgan fingerprint density at radius 1 is 0.821 bits per heavy atom. The summed E-state index contributed by atoms with van der Waals surface area (Å²) in [5.74, 6) is 0.734. The van der Waals surface area contributed by atoms with Crippen molar-refractivity contribution >= 4 is 23.3 Å². The number of nitrogens with two attached hydrogens (primary N) is 2. The standard InChI is InChI=1S/C22H26N6/c23-20-25-21(24)28(22(26-20)11-4-1-5-12-22)19-10-6-9-18(13-19)27-14-16-7-2-3-8-17(16)15-27/h2-3,6-10,13H,1,4-5,11-12,14-15H2,(H4,23,24,25,26). The van der Waals surface area contributed by atoms with Crippen molar-refractivity contribution in [1.82, 2.24) is 0 Å². The van der Waals surface area contributed by atoms with Crippen molar-refractivity contribution in [2.24, 2.45) is 21.5 Å². The van der Waals surface area contributed by atoms with Crippen molar-refractivity contribution < 1.29 is 0 Å². The molecule has 28 heavy (non-hydrogen) atoms. The fourth-order valence-corrected chi connectivity index (χ4v) is 4.84. The first-order valence-corrected chi connectivity index (χ1v) is 10.1. The summed E-state index contributed by atoms with van der Waals surface area (Å²) in [6.07, 6.45) is 5.38. The van der Waals surface area contributed by atoms with Crippen LogP contribution in [0, 0.1) is 0 Å². The SMILES string of the molecule is NC1=NC2(CCCCC2)N(c2cccc(N3Cc4ccccc4C3)c2)C(N)=N1. The average Bonchev–Trinajstić information content (AvgIpc) is 3.12. The number of rotatable bonds is 2. The van der Waals surface area contributed by atoms with Gasteiger partial charge in [0.2, 0.25) is 11.9 Å². The van der Waals surface area contributed by atoms with Crippen molar-refractivity contribution in [2.75, 3.05) is 9.80 Å². The van der Waals surface area contributed by atoms with Crippen molar-refractivity contribution in [3.63, 3.8) is 0 Å². The van der Waals surface area contributed by atoms with E-state index in [1.807, 2.05) is 0 Å². The van der Waals surface area contributed by atoms with E-state index in [9.17, 15) is 0 Å². The molecule has 6 nitrogen and oxygen atoms in total. The smallest absolute Gasteiger partial charge is 0.220 e. The van der Waals surface area contributed by atoms with Gasteiger partial charge < -0.3 is 16.4 Å². The van der Waals surface area contributed by atoms with Gasteiger partial charge in [0, 0.05) is 24.5 Å². The first kappa shape index (κ1) is 17.1. The summed E-state index contributed by atoms with van der Waals surface area (Å²) in [5, 5.41) is 0. The summed E-state index contributed by atoms with van der Waals surface area (Å²) >= 11 is 0. The zero-order valence-electron chi connectivity index (χ0n) is 16.0. The second-order valence-electron chi connectivity index (χ2n) is 7.96. The van der Waals surface area contributed by atoms with Gasteiger partial charge in [-0.25, -0.2) is 4.99 Å². The summed E-state index contributed by atoms with van der Waals surface area (Å²) in [7, 11) is 0. The highest BCUT2D eigenvalue weighted by atomic mass is 15.4. The number of fused-ring (bicyclic) bond motifs is 1.